The van der Waals surface area contributed by atoms with Gasteiger partial charge in [-0.2, -0.15) is 4.39 Å². The van der Waals surface area contributed by atoms with Crippen LogP contribution in [0.15, 0.2) is 85.1 Å². The van der Waals surface area contributed by atoms with Crippen molar-refractivity contribution in [3.05, 3.63) is 113 Å². The Morgan fingerprint density at radius 2 is 1.22 bits per heavy atom. The third-order valence-electron chi connectivity index (χ3n) is 10.2. The van der Waals surface area contributed by atoms with Gasteiger partial charge in [0, 0.05) is 62.0 Å². The second-order valence-corrected chi connectivity index (χ2v) is 15.1. The van der Waals surface area contributed by atoms with Crippen molar-refractivity contribution in [3.63, 3.8) is 0 Å². The number of nitrogens with zero attached hydrogens (tertiary/aromatic N) is 1. The van der Waals surface area contributed by atoms with Crippen LogP contribution < -0.4 is 26.6 Å². The molecule has 19 nitrogen and oxygen atoms in total. The predicted octanol–water partition coefficient (Wildman–Crippen LogP) is 3.44. The van der Waals surface area contributed by atoms with Crippen molar-refractivity contribution in [1.82, 2.24) is 31.6 Å². The fourth-order valence-corrected chi connectivity index (χ4v) is 6.61. The number of aromatic nitrogens is 1. The number of urea groups is 1. The van der Waals surface area contributed by atoms with Gasteiger partial charge in [-0.25, -0.2) is 19.4 Å². The number of carboxylic acid groups (broad SMARTS) is 4. The van der Waals surface area contributed by atoms with Crippen LogP contribution in [0, 0.1) is 11.9 Å². The van der Waals surface area contributed by atoms with E-state index in [1.165, 1.54) is 18.2 Å². The lowest BCUT2D eigenvalue weighted by molar-refractivity contribution is -0.141. The lowest BCUT2D eigenvalue weighted by atomic mass is 9.93. The first kappa shape index (κ1) is 49.9. The van der Waals surface area contributed by atoms with Crippen molar-refractivity contribution in [3.8, 4) is 0 Å². The highest BCUT2D eigenvalue weighted by Crippen LogP contribution is 2.19. The number of hydrogen-bond donors (Lipinski definition) is 9. The van der Waals surface area contributed by atoms with Crippen LogP contribution in [0.1, 0.15) is 83.2 Å². The van der Waals surface area contributed by atoms with Gasteiger partial charge in [0.2, 0.25) is 17.8 Å². The largest absolute Gasteiger partial charge is 0.481 e. The maximum atomic E-state index is 13.6. The molecule has 4 aromatic rings. The Labute approximate surface area is 371 Å². The van der Waals surface area contributed by atoms with Gasteiger partial charge in [-0.3, -0.25) is 28.8 Å². The predicted molar refractivity (Wildman–Crippen MR) is 229 cm³/mol. The molecule has 0 saturated carbocycles. The summed E-state index contributed by atoms with van der Waals surface area (Å²) >= 11 is 0. The summed E-state index contributed by atoms with van der Waals surface area (Å²) in [5.41, 5.74) is 1.56. The molecule has 0 bridgehead atoms. The highest BCUT2D eigenvalue weighted by atomic mass is 18.2. The van der Waals surface area contributed by atoms with Crippen LogP contribution in [0.4, 0.5) is 9.18 Å². The number of hydrogen-bond acceptors (Lipinski definition) is 10. The number of pyridine rings is 1. The minimum Gasteiger partial charge on any atom is -0.481 e. The van der Waals surface area contributed by atoms with E-state index in [0.29, 0.717) is 5.56 Å². The van der Waals surface area contributed by atoms with Gasteiger partial charge in [0.05, 0.1) is 0 Å². The quantitative estimate of drug-likeness (QED) is 0.0248. The highest BCUT2D eigenvalue weighted by Gasteiger charge is 2.27. The molecule has 5 amide bonds. The third-order valence-corrected chi connectivity index (χ3v) is 10.2. The number of carbonyl (C=O) groups is 9. The molecule has 4 atom stereocenters. The number of rotatable bonds is 26. The summed E-state index contributed by atoms with van der Waals surface area (Å²) < 4.78 is 13.2. The smallest absolute Gasteiger partial charge is 0.326 e. The molecule has 0 aliphatic heterocycles. The second kappa shape index (κ2) is 24.8. The molecule has 1 aromatic heterocycles. The Hall–Kier alpha value is -7.77. The van der Waals surface area contributed by atoms with E-state index in [2.05, 4.69) is 31.6 Å². The zero-order chi connectivity index (χ0) is 47.5. The molecule has 0 fully saturated rings. The van der Waals surface area contributed by atoms with Gasteiger partial charge in [0.25, 0.3) is 5.91 Å². The summed E-state index contributed by atoms with van der Waals surface area (Å²) in [6.07, 6.45) is -0.300. The van der Waals surface area contributed by atoms with Crippen LogP contribution >= 0.6 is 0 Å². The zero-order valence-corrected chi connectivity index (χ0v) is 35.0. The molecule has 0 aliphatic rings. The number of halogens is 1. The molecular weight excluding hydrogens is 851 g/mol. The van der Waals surface area contributed by atoms with Crippen LogP contribution in [-0.4, -0.2) is 103 Å². The average Bonchev–Trinajstić information content (AvgIpc) is 3.27. The SMILES string of the molecule is O=C(O)CC[C@@H](CC(=O)c1ccc([18F])nc1)C(=O)NCc1ccc(C(=O)N[C@@H](Cc2ccc3ccccc3c2)C(=O)NCCCC[C@H](NC(=O)N[C@@H](CCC(=O)O)C(=O)O)C(=O)O)cc1. The van der Waals surface area contributed by atoms with Gasteiger partial charge in [0.1, 0.15) is 18.1 Å². The van der Waals surface area contributed by atoms with E-state index in [-0.39, 0.29) is 69.2 Å². The van der Waals surface area contributed by atoms with Gasteiger partial charge in [-0.15, -0.1) is 0 Å². The van der Waals surface area contributed by atoms with Gasteiger partial charge in [-0.05, 0) is 78.3 Å². The lowest BCUT2D eigenvalue weighted by Crippen LogP contribution is -2.51. The number of amides is 5. The molecule has 0 spiro atoms. The monoisotopic (exact) mass is 899 g/mol. The van der Waals surface area contributed by atoms with E-state index in [0.717, 1.165) is 28.6 Å². The van der Waals surface area contributed by atoms with Crippen molar-refractivity contribution < 1.29 is 68.0 Å². The Balaban J connectivity index is 1.35. The Morgan fingerprint density at radius 3 is 1.85 bits per heavy atom. The molecule has 0 saturated heterocycles. The summed E-state index contributed by atoms with van der Waals surface area (Å²) in [6.45, 7) is 0.0345. The molecule has 9 N–H and O–H groups in total. The summed E-state index contributed by atoms with van der Waals surface area (Å²) in [5, 5.41) is 51.3. The van der Waals surface area contributed by atoms with Crippen LogP contribution in [0.2, 0.25) is 0 Å². The molecule has 0 aliphatic carbocycles. The van der Waals surface area contributed by atoms with E-state index >= 15 is 0 Å². The standard InChI is InChI=1S/C45H49FN6O13/c46-37-17-14-32(25-48-37)36(53)23-31(15-18-38(54)55)40(58)49-24-26-8-12-29(13-9-26)41(59)50-35(22-27-10-11-28-5-1-2-6-30(28)21-27)42(60)47-20-4-3-7-33(43(61)62)51-45(65)52-34(44(63)64)16-19-39(56)57/h1-2,5-6,8-14,17,21,25,31,33-35H,3-4,7,15-16,18-20,22-24H2,(H,47,60)(H,49,58)(H,50,59)(H,54,55)(H,56,57)(H,61,62)(H,63,64)(H2,51,52,65)/t31-,33-,34-,35-/m0/s1/i46-1. The minimum absolute atomic E-state index is 0.0279. The minimum atomic E-state index is -1.56. The van der Waals surface area contributed by atoms with Gasteiger partial charge in [-0.1, -0.05) is 54.6 Å². The fraction of sp³-hybridized carbons (Fsp3) is 0.333. The molecule has 3 aromatic carbocycles. The van der Waals surface area contributed by atoms with Gasteiger partial charge in [0.15, 0.2) is 5.78 Å². The first-order valence-corrected chi connectivity index (χ1v) is 20.5. The molecule has 0 radical (unpaired) electrons. The molecule has 65 heavy (non-hydrogen) atoms. The number of unbranched alkanes of at least 4 members (excludes halogenated alkanes) is 1. The van der Waals surface area contributed by atoms with Crippen molar-refractivity contribution >= 4 is 64.2 Å². The number of nitrogens with one attached hydrogen (secondary N) is 5. The topological polar surface area (TPSA) is 308 Å². The molecule has 344 valence electrons. The van der Waals surface area contributed by atoms with E-state index in [4.69, 9.17) is 5.11 Å². The third kappa shape index (κ3) is 16.8. The average molecular weight is 900 g/mol. The molecule has 4 rings (SSSR count). The number of fused-ring (bicyclic) bond motifs is 1. The number of Topliss-reactive ketones (excluding diaryl/α,β-unsaturated/α-hetero) is 1. The molecular formula is C45H49FN6O13. The van der Waals surface area contributed by atoms with E-state index in [1.54, 1.807) is 12.1 Å². The summed E-state index contributed by atoms with van der Waals surface area (Å²) in [6, 6.07) is 16.4. The van der Waals surface area contributed by atoms with Crippen LogP contribution in [0.3, 0.4) is 0 Å². The maximum absolute atomic E-state index is 13.6. The van der Waals surface area contributed by atoms with Crippen molar-refractivity contribution in [1.29, 1.82) is 0 Å². The lowest BCUT2D eigenvalue weighted by Gasteiger charge is -2.20. The normalized spacial score (nSPS) is 12.7. The number of aliphatic carboxylic acids is 4. The number of carboxylic acids is 4. The molecule has 20 heteroatoms. The Morgan fingerprint density at radius 1 is 0.600 bits per heavy atom. The van der Waals surface area contributed by atoms with Gasteiger partial charge < -0.3 is 47.0 Å². The first-order chi connectivity index (χ1) is 31.0. The Bertz CT molecular complexity index is 2360. The summed E-state index contributed by atoms with van der Waals surface area (Å²) in [7, 11) is 0. The first-order valence-electron chi connectivity index (χ1n) is 20.5. The van der Waals surface area contributed by atoms with Crippen LogP contribution in [0.5, 0.6) is 0 Å². The fourth-order valence-electron chi connectivity index (χ4n) is 6.61. The summed E-state index contributed by atoms with van der Waals surface area (Å²) in [4.78, 5) is 114. The van der Waals surface area contributed by atoms with Crippen molar-refractivity contribution in [2.45, 2.75) is 82.5 Å². The number of benzene rings is 3. The maximum Gasteiger partial charge on any atom is 0.326 e. The van der Waals surface area contributed by atoms with E-state index in [9.17, 15) is 62.9 Å². The van der Waals surface area contributed by atoms with Crippen molar-refractivity contribution in [2.75, 3.05) is 6.54 Å². The molecule has 0 unspecified atom stereocenters. The zero-order valence-electron chi connectivity index (χ0n) is 35.0. The highest BCUT2D eigenvalue weighted by molar-refractivity contribution is 5.99. The Kier molecular flexibility index (Phi) is 19.0. The second-order valence-electron chi connectivity index (χ2n) is 15.1. The van der Waals surface area contributed by atoms with Gasteiger partial charge >= 0.3 is 29.9 Å². The number of ketones is 1. The number of carbonyl (C=O) groups excluding carboxylic acids is 5. The van der Waals surface area contributed by atoms with Crippen LogP contribution in [0.25, 0.3) is 10.8 Å². The van der Waals surface area contributed by atoms with Crippen molar-refractivity contribution in [2.24, 2.45) is 5.92 Å². The summed E-state index contributed by atoms with van der Waals surface area (Å²) in [5.74, 6) is -9.33. The molecule has 1 heterocycles. The van der Waals surface area contributed by atoms with E-state index < -0.39 is 96.2 Å². The van der Waals surface area contributed by atoms with Crippen LogP contribution in [-0.2, 0) is 41.7 Å². The van der Waals surface area contributed by atoms with E-state index in [1.807, 2.05) is 42.5 Å².